The Bertz CT molecular complexity index is 138. The Morgan fingerprint density at radius 1 is 1.45 bits per heavy atom. The highest BCUT2D eigenvalue weighted by molar-refractivity contribution is 5.76. The normalized spacial score (nSPS) is 16.5. The Morgan fingerprint density at radius 2 is 1.91 bits per heavy atom. The maximum atomic E-state index is 10.9. The van der Waals surface area contributed by atoms with Crippen molar-refractivity contribution in [2.24, 2.45) is 11.3 Å². The first kappa shape index (κ1) is 10.7. The molecule has 66 valence electrons. The van der Waals surface area contributed by atoms with Crippen LogP contribution in [-0.4, -0.2) is 5.78 Å². The molecule has 1 atom stereocenters. The zero-order valence-electron chi connectivity index (χ0n) is 8.40. The predicted molar refractivity (Wildman–Crippen MR) is 48.5 cm³/mol. The fraction of sp³-hybridized carbons (Fsp3) is 0.900. The largest absolute Gasteiger partial charge is 0.300 e. The summed E-state index contributed by atoms with van der Waals surface area (Å²) in [4.78, 5) is 10.9. The molecule has 0 aromatic heterocycles. The SMILES string of the molecule is CC[C@@](C)(CC(C)=O)C(C)C. The van der Waals surface area contributed by atoms with Gasteiger partial charge in [-0.2, -0.15) is 0 Å². The molecule has 0 aliphatic carbocycles. The fourth-order valence-corrected chi connectivity index (χ4v) is 1.31. The van der Waals surface area contributed by atoms with E-state index >= 15 is 0 Å². The molecule has 0 unspecified atom stereocenters. The minimum Gasteiger partial charge on any atom is -0.300 e. The molecule has 0 aromatic carbocycles. The van der Waals surface area contributed by atoms with E-state index in [0.29, 0.717) is 11.7 Å². The van der Waals surface area contributed by atoms with Crippen LogP contribution in [0.2, 0.25) is 0 Å². The maximum absolute atomic E-state index is 10.9. The van der Waals surface area contributed by atoms with Crippen molar-refractivity contribution in [3.8, 4) is 0 Å². The zero-order valence-corrected chi connectivity index (χ0v) is 8.40. The molecular weight excluding hydrogens is 136 g/mol. The van der Waals surface area contributed by atoms with Crippen LogP contribution in [0.15, 0.2) is 0 Å². The Labute approximate surface area is 70.2 Å². The van der Waals surface area contributed by atoms with Gasteiger partial charge >= 0.3 is 0 Å². The lowest BCUT2D eigenvalue weighted by atomic mass is 9.73. The van der Waals surface area contributed by atoms with Crippen LogP contribution < -0.4 is 0 Å². The Morgan fingerprint density at radius 3 is 2.00 bits per heavy atom. The van der Waals surface area contributed by atoms with E-state index in [9.17, 15) is 4.79 Å². The van der Waals surface area contributed by atoms with Gasteiger partial charge in [0, 0.05) is 6.42 Å². The topological polar surface area (TPSA) is 17.1 Å². The van der Waals surface area contributed by atoms with Gasteiger partial charge in [-0.3, -0.25) is 0 Å². The maximum Gasteiger partial charge on any atom is 0.130 e. The van der Waals surface area contributed by atoms with Gasteiger partial charge in [0.15, 0.2) is 0 Å². The molecule has 0 amide bonds. The van der Waals surface area contributed by atoms with Crippen molar-refractivity contribution in [2.45, 2.75) is 47.5 Å². The molecule has 0 aliphatic heterocycles. The third-order valence-electron chi connectivity index (χ3n) is 2.85. The first-order chi connectivity index (χ1) is 4.92. The molecule has 0 bridgehead atoms. The third-order valence-corrected chi connectivity index (χ3v) is 2.85. The molecule has 0 radical (unpaired) electrons. The minimum atomic E-state index is 0.214. The van der Waals surface area contributed by atoms with Crippen molar-refractivity contribution < 1.29 is 4.79 Å². The first-order valence-electron chi connectivity index (χ1n) is 4.42. The van der Waals surface area contributed by atoms with Crippen LogP contribution in [0.4, 0.5) is 0 Å². The summed E-state index contributed by atoms with van der Waals surface area (Å²) < 4.78 is 0. The third kappa shape index (κ3) is 3.04. The van der Waals surface area contributed by atoms with Gasteiger partial charge in [0.1, 0.15) is 5.78 Å². The van der Waals surface area contributed by atoms with E-state index in [4.69, 9.17) is 0 Å². The van der Waals surface area contributed by atoms with Crippen LogP contribution in [0, 0.1) is 11.3 Å². The number of carbonyl (C=O) groups excluding carboxylic acids is 1. The number of ketones is 1. The van der Waals surface area contributed by atoms with Crippen molar-refractivity contribution in [3.05, 3.63) is 0 Å². The van der Waals surface area contributed by atoms with E-state index < -0.39 is 0 Å². The van der Waals surface area contributed by atoms with E-state index in [2.05, 4.69) is 27.7 Å². The molecule has 0 fully saturated rings. The van der Waals surface area contributed by atoms with Crippen LogP contribution in [-0.2, 0) is 4.79 Å². The molecule has 1 nitrogen and oxygen atoms in total. The summed E-state index contributed by atoms with van der Waals surface area (Å²) in [6, 6.07) is 0. The molecule has 0 aliphatic rings. The second-order valence-corrected chi connectivity index (χ2v) is 4.04. The van der Waals surface area contributed by atoms with Gasteiger partial charge < -0.3 is 4.79 Å². The Balaban J connectivity index is 4.22. The molecule has 11 heavy (non-hydrogen) atoms. The number of carbonyl (C=O) groups is 1. The van der Waals surface area contributed by atoms with E-state index in [1.165, 1.54) is 0 Å². The number of Topliss-reactive ketones (excluding diaryl/α,β-unsaturated/α-hetero) is 1. The van der Waals surface area contributed by atoms with Gasteiger partial charge in [-0.25, -0.2) is 0 Å². The Kier molecular flexibility index (Phi) is 3.77. The van der Waals surface area contributed by atoms with Crippen LogP contribution in [0.1, 0.15) is 47.5 Å². The predicted octanol–water partition coefficient (Wildman–Crippen LogP) is 3.04. The van der Waals surface area contributed by atoms with E-state index in [0.717, 1.165) is 12.8 Å². The second-order valence-electron chi connectivity index (χ2n) is 4.04. The van der Waals surface area contributed by atoms with Gasteiger partial charge in [0.25, 0.3) is 0 Å². The second kappa shape index (κ2) is 3.89. The highest BCUT2D eigenvalue weighted by Crippen LogP contribution is 2.34. The van der Waals surface area contributed by atoms with E-state index in [1.807, 2.05) is 0 Å². The molecule has 0 rings (SSSR count). The molecule has 0 saturated carbocycles. The average molecular weight is 156 g/mol. The number of hydrogen-bond acceptors (Lipinski definition) is 1. The van der Waals surface area contributed by atoms with Crippen molar-refractivity contribution in [1.29, 1.82) is 0 Å². The van der Waals surface area contributed by atoms with Crippen molar-refractivity contribution >= 4 is 5.78 Å². The summed E-state index contributed by atoms with van der Waals surface area (Å²) in [6.07, 6.45) is 1.81. The quantitative estimate of drug-likeness (QED) is 0.611. The molecular formula is C10H20O. The fourth-order valence-electron chi connectivity index (χ4n) is 1.31. The summed E-state index contributed by atoms with van der Waals surface area (Å²) in [5, 5.41) is 0. The standard InChI is InChI=1S/C10H20O/c1-6-10(5,8(2)3)7-9(4)11/h8H,6-7H2,1-5H3/t10-/m0/s1. The summed E-state index contributed by atoms with van der Waals surface area (Å²) in [5.74, 6) is 0.902. The monoisotopic (exact) mass is 156 g/mol. The van der Waals surface area contributed by atoms with Gasteiger partial charge in [-0.1, -0.05) is 34.1 Å². The lowest BCUT2D eigenvalue weighted by molar-refractivity contribution is -0.119. The first-order valence-corrected chi connectivity index (χ1v) is 4.42. The summed E-state index contributed by atoms with van der Waals surface area (Å²) in [5.41, 5.74) is 0.214. The lowest BCUT2D eigenvalue weighted by Gasteiger charge is -2.31. The smallest absolute Gasteiger partial charge is 0.130 e. The number of hydrogen-bond donors (Lipinski definition) is 0. The highest BCUT2D eigenvalue weighted by Gasteiger charge is 2.27. The van der Waals surface area contributed by atoms with Crippen molar-refractivity contribution in [2.75, 3.05) is 0 Å². The average Bonchev–Trinajstić information content (AvgIpc) is 1.86. The lowest BCUT2D eigenvalue weighted by Crippen LogP contribution is -2.25. The van der Waals surface area contributed by atoms with Gasteiger partial charge in [0.05, 0.1) is 0 Å². The van der Waals surface area contributed by atoms with Crippen molar-refractivity contribution in [1.82, 2.24) is 0 Å². The van der Waals surface area contributed by atoms with E-state index in [1.54, 1.807) is 6.92 Å². The summed E-state index contributed by atoms with van der Waals surface area (Å²) in [6.45, 7) is 10.4. The Hall–Kier alpha value is -0.330. The van der Waals surface area contributed by atoms with Crippen LogP contribution in [0.5, 0.6) is 0 Å². The molecule has 1 heteroatoms. The molecule has 0 N–H and O–H groups in total. The molecule has 0 spiro atoms. The number of rotatable bonds is 4. The highest BCUT2D eigenvalue weighted by atomic mass is 16.1. The van der Waals surface area contributed by atoms with Crippen LogP contribution >= 0.6 is 0 Å². The van der Waals surface area contributed by atoms with Gasteiger partial charge in [-0.05, 0) is 18.3 Å². The molecule has 0 heterocycles. The zero-order chi connectivity index (χ0) is 9.07. The van der Waals surface area contributed by atoms with Crippen molar-refractivity contribution in [3.63, 3.8) is 0 Å². The minimum absolute atomic E-state index is 0.214. The summed E-state index contributed by atoms with van der Waals surface area (Å²) >= 11 is 0. The van der Waals surface area contributed by atoms with Crippen LogP contribution in [0.25, 0.3) is 0 Å². The summed E-state index contributed by atoms with van der Waals surface area (Å²) in [7, 11) is 0. The molecule has 0 aromatic rings. The van der Waals surface area contributed by atoms with Gasteiger partial charge in [0.2, 0.25) is 0 Å². The van der Waals surface area contributed by atoms with Crippen LogP contribution in [0.3, 0.4) is 0 Å². The molecule has 0 saturated heterocycles. The van der Waals surface area contributed by atoms with Gasteiger partial charge in [-0.15, -0.1) is 0 Å². The van der Waals surface area contributed by atoms with E-state index in [-0.39, 0.29) is 5.41 Å².